The van der Waals surface area contributed by atoms with E-state index in [4.69, 9.17) is 15.3 Å². The molecule has 1 rings (SSSR count). The Morgan fingerprint density at radius 2 is 1.75 bits per heavy atom. The van der Waals surface area contributed by atoms with Gasteiger partial charge in [0.1, 0.15) is 11.6 Å². The van der Waals surface area contributed by atoms with Crippen molar-refractivity contribution in [1.29, 1.82) is 0 Å². The number of carbonyl (C=O) groups excluding carboxylic acids is 2. The van der Waals surface area contributed by atoms with Crippen LogP contribution in [0.4, 0.5) is 4.79 Å². The average Bonchev–Trinajstić information content (AvgIpc) is 2.48. The van der Waals surface area contributed by atoms with Gasteiger partial charge in [-0.05, 0) is 26.7 Å². The van der Waals surface area contributed by atoms with E-state index >= 15 is 0 Å². The molecule has 1 amide bonds. The highest BCUT2D eigenvalue weighted by Gasteiger charge is 2.28. The number of alkyl carbamates (subject to hydrolysis) is 1. The molecule has 0 saturated carbocycles. The molecule has 0 fully saturated rings. The van der Waals surface area contributed by atoms with E-state index in [-0.39, 0.29) is 11.8 Å². The second kappa shape index (κ2) is 8.33. The number of benzene rings is 1. The van der Waals surface area contributed by atoms with Crippen LogP contribution < -0.4 is 11.1 Å². The first-order valence-corrected chi connectivity index (χ1v) is 7.69. The van der Waals surface area contributed by atoms with E-state index in [1.807, 2.05) is 6.07 Å². The summed E-state index contributed by atoms with van der Waals surface area (Å²) in [6.07, 6.45) is -0.696. The Bertz CT molecular complexity index is 592. The maximum atomic E-state index is 12.2. The largest absolute Gasteiger partial charge is 0.444 e. The van der Waals surface area contributed by atoms with E-state index in [0.29, 0.717) is 5.56 Å². The van der Waals surface area contributed by atoms with E-state index in [9.17, 15) is 9.59 Å². The van der Waals surface area contributed by atoms with Gasteiger partial charge in [-0.25, -0.2) is 9.59 Å². The van der Waals surface area contributed by atoms with Crippen molar-refractivity contribution in [1.82, 2.24) is 5.32 Å². The molecular formula is C17H25N3O4. The fourth-order valence-corrected chi connectivity index (χ4v) is 1.74. The minimum atomic E-state index is -0.896. The lowest BCUT2D eigenvalue weighted by molar-refractivity contribution is -0.147. The van der Waals surface area contributed by atoms with Crippen molar-refractivity contribution in [2.24, 2.45) is 16.8 Å². The Labute approximate surface area is 142 Å². The molecule has 1 aromatic rings. The Balaban J connectivity index is 2.72. The van der Waals surface area contributed by atoms with Crippen LogP contribution >= 0.6 is 0 Å². The van der Waals surface area contributed by atoms with Gasteiger partial charge in [-0.2, -0.15) is 0 Å². The summed E-state index contributed by atoms with van der Waals surface area (Å²) in [5.41, 5.74) is 5.73. The monoisotopic (exact) mass is 335 g/mol. The minimum Gasteiger partial charge on any atom is -0.444 e. The SMILES string of the molecule is CC(C)C(NC(=O)OC(C)(C)C)C(=O)ON=C(N)c1ccccc1. The van der Waals surface area contributed by atoms with E-state index in [1.165, 1.54) is 0 Å². The van der Waals surface area contributed by atoms with Crippen LogP contribution in [0.15, 0.2) is 35.5 Å². The molecule has 1 unspecified atom stereocenters. The van der Waals surface area contributed by atoms with Crippen LogP contribution in [0.1, 0.15) is 40.2 Å². The van der Waals surface area contributed by atoms with Gasteiger partial charge < -0.3 is 20.6 Å². The van der Waals surface area contributed by atoms with Crippen molar-refractivity contribution in [2.75, 3.05) is 0 Å². The highest BCUT2D eigenvalue weighted by molar-refractivity contribution is 5.97. The number of oxime groups is 1. The molecule has 7 nitrogen and oxygen atoms in total. The third-order valence-corrected chi connectivity index (χ3v) is 2.90. The lowest BCUT2D eigenvalue weighted by atomic mass is 10.1. The number of ether oxygens (including phenoxy) is 1. The fraction of sp³-hybridized carbons (Fsp3) is 0.471. The molecule has 7 heteroatoms. The molecule has 1 aromatic carbocycles. The number of carbonyl (C=O) groups is 2. The average molecular weight is 335 g/mol. The first kappa shape index (κ1) is 19.5. The molecule has 132 valence electrons. The number of nitrogens with one attached hydrogen (secondary N) is 1. The standard InChI is InChI=1S/C17H25N3O4/c1-11(2)13(19-16(22)23-17(3,4)5)15(21)24-20-14(18)12-9-7-6-8-10-12/h6-11,13H,1-5H3,(H2,18,20)(H,19,22). The van der Waals surface area contributed by atoms with Gasteiger partial charge in [0.15, 0.2) is 5.84 Å². The van der Waals surface area contributed by atoms with Crippen molar-refractivity contribution < 1.29 is 19.2 Å². The third-order valence-electron chi connectivity index (χ3n) is 2.90. The Morgan fingerprint density at radius 1 is 1.17 bits per heavy atom. The molecule has 0 aliphatic heterocycles. The van der Waals surface area contributed by atoms with Gasteiger partial charge in [-0.3, -0.25) is 0 Å². The molecule has 3 N–H and O–H groups in total. The van der Waals surface area contributed by atoms with Crippen molar-refractivity contribution in [2.45, 2.75) is 46.3 Å². The predicted octanol–water partition coefficient (Wildman–Crippen LogP) is 2.40. The third kappa shape index (κ3) is 6.68. The maximum Gasteiger partial charge on any atom is 0.408 e. The zero-order valence-corrected chi connectivity index (χ0v) is 14.7. The molecule has 0 aliphatic carbocycles. The van der Waals surface area contributed by atoms with Crippen LogP contribution in [0.3, 0.4) is 0 Å². The van der Waals surface area contributed by atoms with Crippen molar-refractivity contribution >= 4 is 17.9 Å². The predicted molar refractivity (Wildman–Crippen MR) is 91.3 cm³/mol. The first-order valence-electron chi connectivity index (χ1n) is 7.69. The Hall–Kier alpha value is -2.57. The number of amidine groups is 1. The molecule has 0 bridgehead atoms. The lowest BCUT2D eigenvalue weighted by Gasteiger charge is -2.23. The topological polar surface area (TPSA) is 103 Å². The van der Waals surface area contributed by atoms with Crippen molar-refractivity contribution in [3.05, 3.63) is 35.9 Å². The number of amides is 1. The highest BCUT2D eigenvalue weighted by Crippen LogP contribution is 2.10. The molecule has 0 radical (unpaired) electrons. The highest BCUT2D eigenvalue weighted by atomic mass is 16.7. The minimum absolute atomic E-state index is 0.0729. The molecule has 0 heterocycles. The molecular weight excluding hydrogens is 310 g/mol. The lowest BCUT2D eigenvalue weighted by Crippen LogP contribution is -2.46. The van der Waals surface area contributed by atoms with Crippen LogP contribution in [-0.2, 0) is 14.4 Å². The van der Waals surface area contributed by atoms with Crippen LogP contribution in [0.2, 0.25) is 0 Å². The quantitative estimate of drug-likeness (QED) is 0.372. The molecule has 24 heavy (non-hydrogen) atoms. The van der Waals surface area contributed by atoms with Crippen LogP contribution in [0.25, 0.3) is 0 Å². The van der Waals surface area contributed by atoms with E-state index < -0.39 is 23.7 Å². The summed E-state index contributed by atoms with van der Waals surface area (Å²) in [5, 5.41) is 6.12. The van der Waals surface area contributed by atoms with Crippen LogP contribution in [0.5, 0.6) is 0 Å². The molecule has 0 saturated heterocycles. The van der Waals surface area contributed by atoms with Gasteiger partial charge in [-0.15, -0.1) is 0 Å². The number of rotatable bonds is 5. The van der Waals surface area contributed by atoms with Gasteiger partial charge >= 0.3 is 12.1 Å². The van der Waals surface area contributed by atoms with E-state index in [0.717, 1.165) is 0 Å². The number of nitrogens with zero attached hydrogens (tertiary/aromatic N) is 1. The van der Waals surface area contributed by atoms with Crippen molar-refractivity contribution in [3.63, 3.8) is 0 Å². The summed E-state index contributed by atoms with van der Waals surface area (Å²) < 4.78 is 5.15. The van der Waals surface area contributed by atoms with Gasteiger partial charge in [0.05, 0.1) is 0 Å². The summed E-state index contributed by atoms with van der Waals surface area (Å²) in [7, 11) is 0. The second-order valence-corrected chi connectivity index (χ2v) is 6.62. The maximum absolute atomic E-state index is 12.2. The summed E-state index contributed by atoms with van der Waals surface area (Å²) >= 11 is 0. The fourth-order valence-electron chi connectivity index (χ4n) is 1.74. The van der Waals surface area contributed by atoms with Gasteiger partial charge in [-0.1, -0.05) is 49.3 Å². The Morgan fingerprint density at radius 3 is 2.25 bits per heavy atom. The zero-order chi connectivity index (χ0) is 18.3. The molecule has 0 spiro atoms. The van der Waals surface area contributed by atoms with Crippen LogP contribution in [0, 0.1) is 5.92 Å². The first-order chi connectivity index (χ1) is 11.1. The number of hydrogen-bond acceptors (Lipinski definition) is 5. The van der Waals surface area contributed by atoms with Gasteiger partial charge in [0, 0.05) is 5.56 Å². The van der Waals surface area contributed by atoms with Crippen LogP contribution in [-0.4, -0.2) is 29.5 Å². The smallest absolute Gasteiger partial charge is 0.408 e. The zero-order valence-electron chi connectivity index (χ0n) is 14.7. The van der Waals surface area contributed by atoms with Gasteiger partial charge in [0.2, 0.25) is 0 Å². The Kier molecular flexibility index (Phi) is 6.76. The van der Waals surface area contributed by atoms with E-state index in [1.54, 1.807) is 58.9 Å². The van der Waals surface area contributed by atoms with E-state index in [2.05, 4.69) is 10.5 Å². The molecule has 0 aliphatic rings. The van der Waals surface area contributed by atoms with Gasteiger partial charge in [0.25, 0.3) is 0 Å². The summed E-state index contributed by atoms with van der Waals surface area (Å²) in [4.78, 5) is 28.9. The van der Waals surface area contributed by atoms with Crippen molar-refractivity contribution in [3.8, 4) is 0 Å². The summed E-state index contributed by atoms with van der Waals surface area (Å²) in [6.45, 7) is 8.75. The summed E-state index contributed by atoms with van der Waals surface area (Å²) in [6, 6.07) is 8.01. The molecule has 0 aromatic heterocycles. The number of nitrogens with two attached hydrogens (primary N) is 1. The summed E-state index contributed by atoms with van der Waals surface area (Å²) in [5.74, 6) is -0.850. The second-order valence-electron chi connectivity index (χ2n) is 6.62. The normalized spacial score (nSPS) is 13.3. The molecule has 1 atom stereocenters. The number of hydrogen-bond donors (Lipinski definition) is 2.